The molecule has 0 aromatic carbocycles. The molecular weight excluding hydrogens is 192 g/mol. The second kappa shape index (κ2) is 4.24. The summed E-state index contributed by atoms with van der Waals surface area (Å²) < 4.78 is 0. The quantitative estimate of drug-likeness (QED) is 0.701. The summed E-state index contributed by atoms with van der Waals surface area (Å²) >= 11 is 0. The van der Waals surface area contributed by atoms with E-state index in [0.717, 1.165) is 18.3 Å². The standard InChI is InChI=1S/C9H18N6/c1-14(8(5-10)7-3-4-7)6-9-11-13-15(2)12-9/h7-8H,3-6,10H2,1-2H3. The summed E-state index contributed by atoms with van der Waals surface area (Å²) in [5, 5.41) is 11.9. The van der Waals surface area contributed by atoms with Crippen LogP contribution in [0.1, 0.15) is 18.7 Å². The van der Waals surface area contributed by atoms with E-state index < -0.39 is 0 Å². The first-order chi connectivity index (χ1) is 7.20. The smallest absolute Gasteiger partial charge is 0.188 e. The number of likely N-dealkylation sites (N-methyl/N-ethyl adjacent to an activating group) is 1. The first-order valence-electron chi connectivity index (χ1n) is 5.34. The monoisotopic (exact) mass is 210 g/mol. The van der Waals surface area contributed by atoms with Crippen LogP contribution in [0.4, 0.5) is 0 Å². The maximum absolute atomic E-state index is 5.77. The van der Waals surface area contributed by atoms with Gasteiger partial charge in [0.25, 0.3) is 0 Å². The zero-order chi connectivity index (χ0) is 10.8. The molecule has 1 unspecified atom stereocenters. The maximum Gasteiger partial charge on any atom is 0.188 e. The van der Waals surface area contributed by atoms with E-state index in [1.165, 1.54) is 17.6 Å². The van der Waals surface area contributed by atoms with Gasteiger partial charge in [0.2, 0.25) is 0 Å². The van der Waals surface area contributed by atoms with Crippen LogP contribution in [-0.4, -0.2) is 44.7 Å². The van der Waals surface area contributed by atoms with E-state index in [4.69, 9.17) is 5.73 Å². The molecule has 1 heterocycles. The van der Waals surface area contributed by atoms with Crippen LogP contribution in [0.5, 0.6) is 0 Å². The lowest BCUT2D eigenvalue weighted by molar-refractivity contribution is 0.210. The van der Waals surface area contributed by atoms with Crippen molar-refractivity contribution in [3.8, 4) is 0 Å². The summed E-state index contributed by atoms with van der Waals surface area (Å²) in [4.78, 5) is 3.71. The Bertz CT molecular complexity index is 318. The van der Waals surface area contributed by atoms with E-state index in [1.54, 1.807) is 7.05 Å². The van der Waals surface area contributed by atoms with Crippen molar-refractivity contribution in [2.24, 2.45) is 18.7 Å². The van der Waals surface area contributed by atoms with E-state index in [1.807, 2.05) is 0 Å². The fourth-order valence-corrected chi connectivity index (χ4v) is 1.94. The molecule has 6 nitrogen and oxygen atoms in total. The Morgan fingerprint density at radius 1 is 1.60 bits per heavy atom. The molecule has 84 valence electrons. The van der Waals surface area contributed by atoms with Crippen molar-refractivity contribution in [2.75, 3.05) is 13.6 Å². The van der Waals surface area contributed by atoms with Crippen LogP contribution in [0.2, 0.25) is 0 Å². The third kappa shape index (κ3) is 2.51. The Morgan fingerprint density at radius 3 is 2.80 bits per heavy atom. The van der Waals surface area contributed by atoms with E-state index in [-0.39, 0.29) is 0 Å². The third-order valence-electron chi connectivity index (χ3n) is 2.91. The van der Waals surface area contributed by atoms with Crippen molar-refractivity contribution in [3.63, 3.8) is 0 Å². The highest BCUT2D eigenvalue weighted by Crippen LogP contribution is 2.34. The lowest BCUT2D eigenvalue weighted by atomic mass is 10.1. The highest BCUT2D eigenvalue weighted by molar-refractivity contribution is 4.89. The fraction of sp³-hybridized carbons (Fsp3) is 0.889. The molecule has 0 aliphatic heterocycles. The Hall–Kier alpha value is -1.01. The van der Waals surface area contributed by atoms with Crippen LogP contribution in [0.25, 0.3) is 0 Å². The van der Waals surface area contributed by atoms with Crippen molar-refractivity contribution in [3.05, 3.63) is 5.82 Å². The van der Waals surface area contributed by atoms with Gasteiger partial charge in [-0.15, -0.1) is 10.2 Å². The summed E-state index contributed by atoms with van der Waals surface area (Å²) in [5.74, 6) is 1.54. The molecule has 1 aliphatic carbocycles. The van der Waals surface area contributed by atoms with Gasteiger partial charge in [-0.2, -0.15) is 4.80 Å². The summed E-state index contributed by atoms with van der Waals surface area (Å²) in [6.07, 6.45) is 2.61. The van der Waals surface area contributed by atoms with Crippen molar-refractivity contribution in [1.82, 2.24) is 25.1 Å². The fourth-order valence-electron chi connectivity index (χ4n) is 1.94. The minimum Gasteiger partial charge on any atom is -0.329 e. The summed E-state index contributed by atoms with van der Waals surface area (Å²) in [6.45, 7) is 1.44. The second-order valence-electron chi connectivity index (χ2n) is 4.25. The number of rotatable bonds is 5. The number of aryl methyl sites for hydroxylation is 1. The predicted molar refractivity (Wildman–Crippen MR) is 55.8 cm³/mol. The lowest BCUT2D eigenvalue weighted by Gasteiger charge is -2.25. The maximum atomic E-state index is 5.77. The molecule has 0 amide bonds. The summed E-state index contributed by atoms with van der Waals surface area (Å²) in [7, 11) is 3.85. The number of nitrogens with two attached hydrogens (primary N) is 1. The average Bonchev–Trinajstić information content (AvgIpc) is 2.93. The van der Waals surface area contributed by atoms with Gasteiger partial charge in [-0.1, -0.05) is 0 Å². The molecule has 1 aromatic heterocycles. The minimum atomic E-state index is 0.466. The van der Waals surface area contributed by atoms with Gasteiger partial charge in [0.05, 0.1) is 13.6 Å². The lowest BCUT2D eigenvalue weighted by Crippen LogP contribution is -2.39. The zero-order valence-corrected chi connectivity index (χ0v) is 9.30. The molecule has 1 saturated carbocycles. The van der Waals surface area contributed by atoms with Gasteiger partial charge in [-0.05, 0) is 31.0 Å². The molecule has 6 heteroatoms. The third-order valence-corrected chi connectivity index (χ3v) is 2.91. The molecule has 0 saturated heterocycles. The van der Waals surface area contributed by atoms with Crippen LogP contribution < -0.4 is 5.73 Å². The number of hydrogen-bond donors (Lipinski definition) is 1. The van der Waals surface area contributed by atoms with E-state index in [2.05, 4.69) is 27.4 Å². The zero-order valence-electron chi connectivity index (χ0n) is 9.30. The Balaban J connectivity index is 1.92. The topological polar surface area (TPSA) is 72.9 Å². The highest BCUT2D eigenvalue weighted by atomic mass is 15.6. The highest BCUT2D eigenvalue weighted by Gasteiger charge is 2.33. The first kappa shape index (κ1) is 10.5. The number of hydrogen-bond acceptors (Lipinski definition) is 5. The second-order valence-corrected chi connectivity index (χ2v) is 4.25. The molecule has 1 fully saturated rings. The number of nitrogens with zero attached hydrogens (tertiary/aromatic N) is 5. The van der Waals surface area contributed by atoms with Gasteiger partial charge in [0.15, 0.2) is 5.82 Å². The number of tetrazole rings is 1. The van der Waals surface area contributed by atoms with Crippen LogP contribution in [0.3, 0.4) is 0 Å². The van der Waals surface area contributed by atoms with E-state index in [9.17, 15) is 0 Å². The SMILES string of the molecule is CN(Cc1nnn(C)n1)C(CN)C1CC1. The molecule has 0 bridgehead atoms. The minimum absolute atomic E-state index is 0.466. The van der Waals surface area contributed by atoms with Gasteiger partial charge >= 0.3 is 0 Å². The molecule has 2 rings (SSSR count). The van der Waals surface area contributed by atoms with Crippen LogP contribution in [-0.2, 0) is 13.6 Å². The predicted octanol–water partition coefficient (Wildman–Crippen LogP) is -0.621. The molecule has 0 spiro atoms. The van der Waals surface area contributed by atoms with Crippen molar-refractivity contribution >= 4 is 0 Å². The van der Waals surface area contributed by atoms with Crippen LogP contribution in [0, 0.1) is 5.92 Å². The van der Waals surface area contributed by atoms with E-state index in [0.29, 0.717) is 12.6 Å². The molecule has 1 aliphatic rings. The van der Waals surface area contributed by atoms with Crippen LogP contribution >= 0.6 is 0 Å². The molecule has 2 N–H and O–H groups in total. The normalized spacial score (nSPS) is 18.4. The van der Waals surface area contributed by atoms with Gasteiger partial charge in [0, 0.05) is 12.6 Å². The van der Waals surface area contributed by atoms with Crippen molar-refractivity contribution < 1.29 is 0 Å². The largest absolute Gasteiger partial charge is 0.329 e. The van der Waals surface area contributed by atoms with Crippen molar-refractivity contribution in [1.29, 1.82) is 0 Å². The molecule has 15 heavy (non-hydrogen) atoms. The summed E-state index contributed by atoms with van der Waals surface area (Å²) in [6, 6.07) is 0.466. The van der Waals surface area contributed by atoms with Gasteiger partial charge in [0.1, 0.15) is 0 Å². The molecule has 1 aromatic rings. The van der Waals surface area contributed by atoms with Gasteiger partial charge in [-0.3, -0.25) is 4.90 Å². The molecular formula is C9H18N6. The van der Waals surface area contributed by atoms with Crippen molar-refractivity contribution in [2.45, 2.75) is 25.4 Å². The summed E-state index contributed by atoms with van der Waals surface area (Å²) in [5.41, 5.74) is 5.77. The van der Waals surface area contributed by atoms with Crippen LogP contribution in [0.15, 0.2) is 0 Å². The van der Waals surface area contributed by atoms with Gasteiger partial charge in [-0.25, -0.2) is 0 Å². The van der Waals surface area contributed by atoms with E-state index >= 15 is 0 Å². The van der Waals surface area contributed by atoms with Gasteiger partial charge < -0.3 is 5.73 Å². The Labute approximate surface area is 89.4 Å². The first-order valence-corrected chi connectivity index (χ1v) is 5.34. The molecule has 1 atom stereocenters. The number of aromatic nitrogens is 4. The molecule has 0 radical (unpaired) electrons. The Kier molecular flexibility index (Phi) is 2.97. The Morgan fingerprint density at radius 2 is 2.33 bits per heavy atom. The average molecular weight is 210 g/mol.